The molecule has 0 saturated heterocycles. The van der Waals surface area contributed by atoms with Crippen LogP contribution in [0.15, 0.2) is 24.3 Å². The van der Waals surface area contributed by atoms with E-state index in [0.717, 1.165) is 127 Å². The highest BCUT2D eigenvalue weighted by molar-refractivity contribution is 7.47. The van der Waals surface area contributed by atoms with E-state index in [1.165, 1.54) is 154 Å². The zero-order valence-electron chi connectivity index (χ0n) is 61.6. The first-order valence-electron chi connectivity index (χ1n) is 38.7. The van der Waals surface area contributed by atoms with Crippen molar-refractivity contribution in [3.8, 4) is 0 Å². The maximum absolute atomic E-state index is 13.1. The Morgan fingerprint density at radius 1 is 0.347 bits per heavy atom. The summed E-state index contributed by atoms with van der Waals surface area (Å²) < 4.78 is 68.5. The molecule has 0 spiro atoms. The van der Waals surface area contributed by atoms with Gasteiger partial charge in [-0.25, -0.2) is 9.13 Å². The van der Waals surface area contributed by atoms with Crippen molar-refractivity contribution in [2.45, 2.75) is 381 Å². The van der Waals surface area contributed by atoms with Crippen LogP contribution in [0.1, 0.15) is 363 Å². The third-order valence-electron chi connectivity index (χ3n) is 17.4. The van der Waals surface area contributed by atoms with Crippen molar-refractivity contribution in [1.82, 2.24) is 0 Å². The standard InChI is InChI=1S/C76H144O17P2/c1-8-10-11-12-13-14-15-16-17-20-25-31-36-45-52-59-76(81)93-72(64-87-74(79)58-51-44-39-38-42-49-56-69(7)9-2)66-91-95(84,85)89-62-70(77)61-88-94(82,83)90-65-71(63-86-73(78)57-50-43-35-30-27-22-24-29-34-41-48-55-68(5)6)92-75(80)60-53-46-37-32-26-21-18-19-23-28-33-40-47-54-67(3)4/h14-17,67-72,77H,8-13,18-66H2,1-7H3,(H,82,83)(H,84,85)/b15-14-,17-16-/t69?,70-,71-,72-/m1/s1. The second kappa shape index (κ2) is 66.1. The van der Waals surface area contributed by atoms with Crippen molar-refractivity contribution >= 4 is 39.5 Å². The molecule has 0 heterocycles. The molecule has 560 valence electrons. The number of aliphatic hydroxyl groups excluding tert-OH is 1. The average molecular weight is 1390 g/mol. The van der Waals surface area contributed by atoms with Gasteiger partial charge in [-0.15, -0.1) is 0 Å². The molecule has 0 aliphatic carbocycles. The van der Waals surface area contributed by atoms with E-state index in [4.69, 9.17) is 37.0 Å². The molecule has 0 saturated carbocycles. The van der Waals surface area contributed by atoms with Crippen LogP contribution in [0.5, 0.6) is 0 Å². The number of ether oxygens (including phenoxy) is 4. The summed E-state index contributed by atoms with van der Waals surface area (Å²) in [5.74, 6) is 0.133. The predicted molar refractivity (Wildman–Crippen MR) is 386 cm³/mol. The highest BCUT2D eigenvalue weighted by atomic mass is 31.2. The molecular weight excluding hydrogens is 1250 g/mol. The summed E-state index contributed by atoms with van der Waals surface area (Å²) in [7, 11) is -9.93. The lowest BCUT2D eigenvalue weighted by Crippen LogP contribution is -2.30. The Kier molecular flexibility index (Phi) is 64.4. The fraction of sp³-hybridized carbons (Fsp3) is 0.895. The van der Waals surface area contributed by atoms with E-state index in [9.17, 15) is 43.2 Å². The molecule has 6 atom stereocenters. The summed E-state index contributed by atoms with van der Waals surface area (Å²) in [4.78, 5) is 72.8. The summed E-state index contributed by atoms with van der Waals surface area (Å²) in [6.07, 6.45) is 54.9. The highest BCUT2D eigenvalue weighted by Gasteiger charge is 2.30. The summed E-state index contributed by atoms with van der Waals surface area (Å²) in [5.41, 5.74) is 0. The highest BCUT2D eigenvalue weighted by Crippen LogP contribution is 2.45. The number of unbranched alkanes of at least 4 members (excludes halogenated alkanes) is 36. The Morgan fingerprint density at radius 2 is 0.621 bits per heavy atom. The Morgan fingerprint density at radius 3 is 0.937 bits per heavy atom. The smallest absolute Gasteiger partial charge is 0.462 e. The van der Waals surface area contributed by atoms with Gasteiger partial charge in [-0.05, 0) is 69.1 Å². The van der Waals surface area contributed by atoms with Gasteiger partial charge in [0.1, 0.15) is 19.3 Å². The molecule has 0 aromatic heterocycles. The molecule has 95 heavy (non-hydrogen) atoms. The van der Waals surface area contributed by atoms with Gasteiger partial charge in [-0.2, -0.15) is 0 Å². The minimum Gasteiger partial charge on any atom is -0.462 e. The molecule has 3 N–H and O–H groups in total. The van der Waals surface area contributed by atoms with E-state index >= 15 is 0 Å². The van der Waals surface area contributed by atoms with E-state index in [2.05, 4.69) is 72.8 Å². The minimum absolute atomic E-state index is 0.0839. The SMILES string of the molecule is CCCCCC/C=C\C=C/CCCCCCCC(=O)O[C@H](COC(=O)CCCCCCCCC(C)CC)COP(=O)(O)OC[C@H](O)COP(=O)(O)OC[C@@H](COC(=O)CCCCCCCCCCCCCC(C)C)OC(=O)CCCCCCCCCCCCCCCC(C)C. The van der Waals surface area contributed by atoms with Crippen LogP contribution in [-0.2, 0) is 65.4 Å². The van der Waals surface area contributed by atoms with Gasteiger partial charge in [-0.3, -0.25) is 37.3 Å². The average Bonchev–Trinajstić information content (AvgIpc) is 1.32. The first kappa shape index (κ1) is 92.5. The molecule has 3 unspecified atom stereocenters. The summed E-state index contributed by atoms with van der Waals surface area (Å²) in [6, 6.07) is 0. The van der Waals surface area contributed by atoms with Crippen LogP contribution in [0.3, 0.4) is 0 Å². The predicted octanol–water partition coefficient (Wildman–Crippen LogP) is 21.7. The summed E-state index contributed by atoms with van der Waals surface area (Å²) in [5, 5.41) is 10.6. The van der Waals surface area contributed by atoms with Gasteiger partial charge in [0, 0.05) is 25.7 Å². The molecule has 0 rings (SSSR count). The van der Waals surface area contributed by atoms with Gasteiger partial charge < -0.3 is 33.8 Å². The van der Waals surface area contributed by atoms with E-state index in [1.54, 1.807) is 0 Å². The molecule has 0 aromatic carbocycles. The number of allylic oxidation sites excluding steroid dienone is 4. The van der Waals surface area contributed by atoms with Gasteiger partial charge in [-0.1, -0.05) is 310 Å². The van der Waals surface area contributed by atoms with Crippen molar-refractivity contribution in [3.05, 3.63) is 24.3 Å². The molecule has 0 amide bonds. The van der Waals surface area contributed by atoms with Crippen molar-refractivity contribution in [1.29, 1.82) is 0 Å². The Balaban J connectivity index is 5.30. The molecule has 0 fully saturated rings. The van der Waals surface area contributed by atoms with Gasteiger partial charge in [0.25, 0.3) is 0 Å². The fourth-order valence-corrected chi connectivity index (χ4v) is 12.6. The Hall–Kier alpha value is -2.46. The number of phosphoric acid groups is 2. The largest absolute Gasteiger partial charge is 0.472 e. The zero-order chi connectivity index (χ0) is 70.1. The lowest BCUT2D eigenvalue weighted by molar-refractivity contribution is -0.161. The molecule has 0 aliphatic heterocycles. The van der Waals surface area contributed by atoms with E-state index < -0.39 is 97.5 Å². The van der Waals surface area contributed by atoms with Crippen molar-refractivity contribution in [3.63, 3.8) is 0 Å². The number of aliphatic hydroxyl groups is 1. The molecule has 0 radical (unpaired) electrons. The first-order chi connectivity index (χ1) is 45.8. The van der Waals surface area contributed by atoms with Crippen LogP contribution in [0.25, 0.3) is 0 Å². The van der Waals surface area contributed by atoms with Crippen LogP contribution in [-0.4, -0.2) is 96.7 Å². The maximum Gasteiger partial charge on any atom is 0.472 e. The van der Waals surface area contributed by atoms with E-state index in [-0.39, 0.29) is 25.7 Å². The number of hydrogen-bond donors (Lipinski definition) is 3. The van der Waals surface area contributed by atoms with Crippen LogP contribution < -0.4 is 0 Å². The van der Waals surface area contributed by atoms with Crippen molar-refractivity contribution in [2.75, 3.05) is 39.6 Å². The van der Waals surface area contributed by atoms with Crippen molar-refractivity contribution in [2.24, 2.45) is 17.8 Å². The lowest BCUT2D eigenvalue weighted by atomic mass is 10.00. The Labute approximate surface area is 580 Å². The number of phosphoric ester groups is 2. The van der Waals surface area contributed by atoms with Crippen LogP contribution in [0, 0.1) is 17.8 Å². The summed E-state index contributed by atoms with van der Waals surface area (Å²) in [6.45, 7) is 11.8. The second-order valence-electron chi connectivity index (χ2n) is 27.9. The number of esters is 4. The molecule has 0 aromatic rings. The van der Waals surface area contributed by atoms with E-state index in [0.29, 0.717) is 25.7 Å². The topological polar surface area (TPSA) is 237 Å². The first-order valence-corrected chi connectivity index (χ1v) is 41.7. The van der Waals surface area contributed by atoms with Crippen molar-refractivity contribution < 1.29 is 80.2 Å². The second-order valence-corrected chi connectivity index (χ2v) is 30.8. The van der Waals surface area contributed by atoms with Gasteiger partial charge in [0.2, 0.25) is 0 Å². The molecule has 0 bridgehead atoms. The maximum atomic E-state index is 13.1. The number of carbonyl (C=O) groups excluding carboxylic acids is 4. The summed E-state index contributed by atoms with van der Waals surface area (Å²) >= 11 is 0. The zero-order valence-corrected chi connectivity index (χ0v) is 63.4. The Bertz CT molecular complexity index is 1950. The van der Waals surface area contributed by atoms with Crippen LogP contribution >= 0.6 is 15.6 Å². The molecule has 0 aliphatic rings. The van der Waals surface area contributed by atoms with Crippen LogP contribution in [0.4, 0.5) is 0 Å². The third-order valence-corrected chi connectivity index (χ3v) is 19.3. The van der Waals surface area contributed by atoms with Gasteiger partial charge in [0.05, 0.1) is 26.4 Å². The number of hydrogen-bond acceptors (Lipinski definition) is 15. The quantitative estimate of drug-likeness (QED) is 0.0169. The monoisotopic (exact) mass is 1390 g/mol. The minimum atomic E-state index is -4.96. The fourth-order valence-electron chi connectivity index (χ4n) is 11.0. The van der Waals surface area contributed by atoms with Gasteiger partial charge >= 0.3 is 39.5 Å². The lowest BCUT2D eigenvalue weighted by Gasteiger charge is -2.21. The molecule has 17 nitrogen and oxygen atoms in total. The normalized spacial score (nSPS) is 14.5. The molecule has 19 heteroatoms. The van der Waals surface area contributed by atoms with Crippen LogP contribution in [0.2, 0.25) is 0 Å². The van der Waals surface area contributed by atoms with Gasteiger partial charge in [0.15, 0.2) is 12.2 Å². The molecular formula is C76H144O17P2. The van der Waals surface area contributed by atoms with E-state index in [1.807, 2.05) is 0 Å². The number of rotatable bonds is 72. The third kappa shape index (κ3) is 68.5. The number of carbonyl (C=O) groups is 4.